The second kappa shape index (κ2) is 16.1. The average Bonchev–Trinajstić information content (AvgIpc) is 4.03. The molecule has 14 nitrogen and oxygen atoms in total. The van der Waals surface area contributed by atoms with Gasteiger partial charge in [-0.15, -0.1) is 11.3 Å². The number of hydrogen-bond donors (Lipinski definition) is 5. The number of aliphatic hydroxyl groups excluding tert-OH is 1. The molecule has 2 aliphatic rings. The van der Waals surface area contributed by atoms with E-state index in [4.69, 9.17) is 14.7 Å². The van der Waals surface area contributed by atoms with Gasteiger partial charge in [-0.2, -0.15) is 0 Å². The molecule has 0 bridgehead atoms. The lowest BCUT2D eigenvalue weighted by atomic mass is 10.0. The number of rotatable bonds is 11. The number of nitrogens with zero attached hydrogens (tertiary/aromatic N) is 4. The highest BCUT2D eigenvalue weighted by molar-refractivity contribution is 7.18. The van der Waals surface area contributed by atoms with Crippen LogP contribution in [0.2, 0.25) is 19.1 Å². The van der Waals surface area contributed by atoms with Crippen molar-refractivity contribution in [2.75, 3.05) is 26.4 Å². The normalized spacial score (nSPS) is 19.1. The Balaban J connectivity index is 1.11. The molecule has 0 spiro atoms. The van der Waals surface area contributed by atoms with Crippen molar-refractivity contribution in [2.45, 2.75) is 83.8 Å². The van der Waals surface area contributed by atoms with Gasteiger partial charge in [0, 0.05) is 23.0 Å². The summed E-state index contributed by atoms with van der Waals surface area (Å²) in [5.41, 5.74) is 3.70. The fourth-order valence-electron chi connectivity index (χ4n) is 8.26. The molecular formula is C41H52N8O6SSi. The molecule has 4 atom stereocenters. The number of alkyl carbamates (subject to hydrolysis) is 1. The van der Waals surface area contributed by atoms with E-state index < -0.39 is 38.8 Å². The number of hydrogen-bond acceptors (Lipinski definition) is 9. The molecule has 2 fully saturated rings. The van der Waals surface area contributed by atoms with E-state index in [0.717, 1.165) is 73.4 Å². The van der Waals surface area contributed by atoms with Gasteiger partial charge >= 0.3 is 6.09 Å². The zero-order valence-electron chi connectivity index (χ0n) is 33.5. The molecule has 302 valence electrons. The lowest BCUT2D eigenvalue weighted by Gasteiger charge is -2.30. The number of likely N-dealkylation sites (tertiary alicyclic amines) is 1. The predicted molar refractivity (Wildman–Crippen MR) is 223 cm³/mol. The van der Waals surface area contributed by atoms with Gasteiger partial charge in [0.1, 0.15) is 30.3 Å². The minimum absolute atomic E-state index is 0.110. The number of fused-ring (bicyclic) bond motifs is 3. The number of ether oxygens (including phenoxy) is 1. The Kier molecular flexibility index (Phi) is 11.3. The van der Waals surface area contributed by atoms with Crippen LogP contribution in [0.1, 0.15) is 64.3 Å². The Hall–Kier alpha value is -5.06. The van der Waals surface area contributed by atoms with Crippen LogP contribution in [0.4, 0.5) is 4.79 Å². The third-order valence-corrected chi connectivity index (χ3v) is 15.1. The molecule has 3 unspecified atom stereocenters. The van der Waals surface area contributed by atoms with Crippen molar-refractivity contribution in [3.05, 3.63) is 60.3 Å². The summed E-state index contributed by atoms with van der Waals surface area (Å²) in [6.45, 7) is 12.1. The Morgan fingerprint density at radius 2 is 1.65 bits per heavy atom. The van der Waals surface area contributed by atoms with Crippen LogP contribution in [-0.2, 0) is 19.1 Å². The van der Waals surface area contributed by atoms with Crippen LogP contribution in [0, 0.1) is 11.8 Å². The first-order valence-corrected chi connectivity index (χ1v) is 23.8. The van der Waals surface area contributed by atoms with E-state index in [1.54, 1.807) is 11.3 Å². The Labute approximate surface area is 336 Å². The lowest BCUT2D eigenvalue weighted by molar-refractivity contribution is -0.139. The molecule has 5 aromatic rings. The van der Waals surface area contributed by atoms with Gasteiger partial charge in [0.05, 0.1) is 55.1 Å². The van der Waals surface area contributed by atoms with Gasteiger partial charge < -0.3 is 40.2 Å². The van der Waals surface area contributed by atoms with E-state index in [1.807, 2.05) is 49.8 Å². The number of aliphatic hydroxyl groups is 1. The zero-order chi connectivity index (χ0) is 40.8. The van der Waals surface area contributed by atoms with Crippen LogP contribution < -0.4 is 10.6 Å². The van der Waals surface area contributed by atoms with Crippen molar-refractivity contribution in [3.63, 3.8) is 0 Å². The zero-order valence-corrected chi connectivity index (χ0v) is 35.3. The summed E-state index contributed by atoms with van der Waals surface area (Å²) in [7, 11) is -0.503. The molecule has 7 rings (SSSR count). The van der Waals surface area contributed by atoms with E-state index in [1.165, 1.54) is 7.11 Å². The lowest BCUT2D eigenvalue weighted by Crippen LogP contribution is -2.52. The standard InChI is InChI=1S/C41H52N8O6SSi/c1-22(2)34(45-33(51)19-50)40(53)49-21-57(6,7)20-30(49)38-43-27-13-11-24-17-25(10-12-26(24)36(27)46-38)31-14-15-32(56-31)28-18-42-37(44-28)29-9-8-16-48(29)39(52)35(23(3)4)47-41(54)55-5/h10-15,17-18,22-23,29-30,34-35,50H,8-9,16,19-21H2,1-7H3,(H,42,44)(H,43,46)(H,45,51)(H,47,54)/t29?,30-,34?,35?/m0/s1. The molecule has 0 saturated carbocycles. The summed E-state index contributed by atoms with van der Waals surface area (Å²) in [6.07, 6.45) is 3.48. The van der Waals surface area contributed by atoms with Crippen molar-refractivity contribution < 1.29 is 29.0 Å². The average molecular weight is 813 g/mol. The van der Waals surface area contributed by atoms with Crippen LogP contribution in [0.5, 0.6) is 0 Å². The number of imidazole rings is 2. The molecule has 3 aromatic heterocycles. The van der Waals surface area contributed by atoms with Crippen LogP contribution >= 0.6 is 11.3 Å². The first-order chi connectivity index (χ1) is 27.2. The van der Waals surface area contributed by atoms with Gasteiger partial charge in [-0.25, -0.2) is 14.8 Å². The van der Waals surface area contributed by atoms with Gasteiger partial charge in [0.2, 0.25) is 17.7 Å². The SMILES string of the molecule is COC(=O)NC(C(=O)N1CCCC1c1ncc(-c2ccc(-c3ccc4c(ccc5nc([C@@H]6C[Si](C)(C)CN6C(=O)C(NC(=O)CO)C(C)C)[nH]c54)c3)s2)[nH]1)C(C)C. The van der Waals surface area contributed by atoms with Crippen molar-refractivity contribution in [1.29, 1.82) is 0 Å². The number of aromatic amines is 2. The number of thiophene rings is 1. The molecular weight excluding hydrogens is 761 g/mol. The number of nitrogens with one attached hydrogen (secondary N) is 4. The number of aromatic nitrogens is 4. The monoisotopic (exact) mass is 812 g/mol. The number of carbonyl (C=O) groups is 4. The summed E-state index contributed by atoms with van der Waals surface area (Å²) in [4.78, 5) is 74.3. The van der Waals surface area contributed by atoms with Crippen LogP contribution in [-0.4, -0.2) is 105 Å². The highest BCUT2D eigenvalue weighted by atomic mass is 32.1. The second-order valence-electron chi connectivity index (χ2n) is 16.7. The van der Waals surface area contributed by atoms with Gasteiger partial charge in [-0.3, -0.25) is 14.4 Å². The van der Waals surface area contributed by atoms with Crippen LogP contribution in [0.3, 0.4) is 0 Å². The number of benzene rings is 2. The van der Waals surface area contributed by atoms with Crippen LogP contribution in [0.25, 0.3) is 42.8 Å². The van der Waals surface area contributed by atoms with Gasteiger partial charge in [-0.1, -0.05) is 59.0 Å². The van der Waals surface area contributed by atoms with Crippen molar-refractivity contribution >= 4 is 65.0 Å². The van der Waals surface area contributed by atoms with Crippen molar-refractivity contribution in [3.8, 4) is 21.0 Å². The largest absolute Gasteiger partial charge is 0.453 e. The maximum Gasteiger partial charge on any atom is 0.407 e. The van der Waals surface area contributed by atoms with E-state index in [2.05, 4.69) is 70.1 Å². The van der Waals surface area contributed by atoms with E-state index in [0.29, 0.717) is 12.7 Å². The molecule has 16 heteroatoms. The van der Waals surface area contributed by atoms with Crippen molar-refractivity contribution in [2.24, 2.45) is 11.8 Å². The van der Waals surface area contributed by atoms with Gasteiger partial charge in [-0.05, 0) is 65.9 Å². The Morgan fingerprint density at radius 1 is 0.930 bits per heavy atom. The van der Waals surface area contributed by atoms with E-state index in [9.17, 15) is 24.3 Å². The first kappa shape index (κ1) is 40.1. The summed E-state index contributed by atoms with van der Waals surface area (Å²) in [5, 5.41) is 16.9. The maximum absolute atomic E-state index is 14.0. The number of methoxy groups -OCH3 is 1. The third kappa shape index (κ3) is 8.07. The molecule has 2 saturated heterocycles. The summed E-state index contributed by atoms with van der Waals surface area (Å²) in [5.74, 6) is 0.361. The minimum Gasteiger partial charge on any atom is -0.453 e. The Bertz CT molecular complexity index is 2320. The molecule has 4 amide bonds. The predicted octanol–water partition coefficient (Wildman–Crippen LogP) is 6.14. The summed E-state index contributed by atoms with van der Waals surface area (Å²) in [6, 6.07) is 13.7. The smallest absolute Gasteiger partial charge is 0.407 e. The molecule has 2 aromatic carbocycles. The number of H-pyrrole nitrogens is 2. The topological polar surface area (TPSA) is 186 Å². The maximum atomic E-state index is 14.0. The fourth-order valence-corrected chi connectivity index (χ4v) is 12.1. The summed E-state index contributed by atoms with van der Waals surface area (Å²) < 4.78 is 4.77. The number of amides is 4. The molecule has 57 heavy (non-hydrogen) atoms. The van der Waals surface area contributed by atoms with E-state index >= 15 is 0 Å². The molecule has 5 heterocycles. The first-order valence-electron chi connectivity index (χ1n) is 19.6. The second-order valence-corrected chi connectivity index (χ2v) is 22.8. The van der Waals surface area contributed by atoms with Gasteiger partial charge in [0.15, 0.2) is 0 Å². The third-order valence-electron chi connectivity index (χ3n) is 11.2. The van der Waals surface area contributed by atoms with Gasteiger partial charge in [0.25, 0.3) is 0 Å². The fraction of sp³-hybridized carbons (Fsp3) is 0.463. The summed E-state index contributed by atoms with van der Waals surface area (Å²) >= 11 is 1.66. The quantitative estimate of drug-likeness (QED) is 0.0985. The van der Waals surface area contributed by atoms with Crippen LogP contribution in [0.15, 0.2) is 48.7 Å². The Morgan fingerprint density at radius 3 is 2.37 bits per heavy atom. The molecule has 2 aliphatic heterocycles. The molecule has 0 radical (unpaired) electrons. The highest BCUT2D eigenvalue weighted by Gasteiger charge is 2.46. The highest BCUT2D eigenvalue weighted by Crippen LogP contribution is 2.41. The van der Waals surface area contributed by atoms with E-state index in [-0.39, 0.29) is 35.7 Å². The number of carbonyl (C=O) groups excluding carboxylic acids is 4. The molecule has 0 aliphatic carbocycles. The minimum atomic E-state index is -1.79. The van der Waals surface area contributed by atoms with Crippen molar-refractivity contribution in [1.82, 2.24) is 40.4 Å². The molecule has 5 N–H and O–H groups in total.